The van der Waals surface area contributed by atoms with Crippen LogP contribution in [0.5, 0.6) is 11.5 Å². The van der Waals surface area contributed by atoms with Crippen LogP contribution < -0.4 is 0 Å². The molecule has 4 heteroatoms. The van der Waals surface area contributed by atoms with E-state index in [1.165, 1.54) is 0 Å². The van der Waals surface area contributed by atoms with Crippen molar-refractivity contribution in [3.8, 4) is 40.0 Å². The van der Waals surface area contributed by atoms with E-state index < -0.39 is 0 Å². The van der Waals surface area contributed by atoms with E-state index in [1.54, 1.807) is 30.3 Å². The molecule has 0 bridgehead atoms. The first kappa shape index (κ1) is 15.5. The number of furan rings is 1. The van der Waals surface area contributed by atoms with Crippen LogP contribution in [-0.2, 0) is 12.8 Å². The third-order valence-electron chi connectivity index (χ3n) is 5.24. The van der Waals surface area contributed by atoms with Crippen molar-refractivity contribution in [3.05, 3.63) is 71.3 Å². The maximum absolute atomic E-state index is 10.6. The molecule has 27 heavy (non-hydrogen) atoms. The normalized spacial score (nSPS) is 12.4. The second-order valence-corrected chi connectivity index (χ2v) is 6.74. The summed E-state index contributed by atoms with van der Waals surface area (Å²) in [6.07, 6.45) is 1.69. The number of hydrogen-bond donors (Lipinski definition) is 2. The highest BCUT2D eigenvalue weighted by molar-refractivity contribution is 6.01. The molecule has 5 rings (SSSR count). The highest BCUT2D eigenvalue weighted by Crippen LogP contribution is 2.46. The lowest BCUT2D eigenvalue weighted by Gasteiger charge is -2.15. The third-order valence-corrected chi connectivity index (χ3v) is 5.24. The zero-order valence-electron chi connectivity index (χ0n) is 14.4. The second kappa shape index (κ2) is 5.65. The molecule has 4 aromatic rings. The first-order chi connectivity index (χ1) is 13.2. The van der Waals surface area contributed by atoms with Crippen LogP contribution in [0.15, 0.2) is 59.0 Å². The van der Waals surface area contributed by atoms with Crippen molar-refractivity contribution < 1.29 is 14.6 Å². The summed E-state index contributed by atoms with van der Waals surface area (Å²) in [4.78, 5) is 0. The van der Waals surface area contributed by atoms with Gasteiger partial charge in [-0.15, -0.1) is 0 Å². The fourth-order valence-corrected chi connectivity index (χ4v) is 3.98. The highest BCUT2D eigenvalue weighted by Gasteiger charge is 2.26. The van der Waals surface area contributed by atoms with Crippen molar-refractivity contribution in [1.29, 1.82) is 5.26 Å². The molecule has 1 heterocycles. The van der Waals surface area contributed by atoms with E-state index in [-0.39, 0.29) is 11.5 Å². The van der Waals surface area contributed by atoms with E-state index in [1.807, 2.05) is 24.3 Å². The molecule has 3 aromatic carbocycles. The Kier molecular flexibility index (Phi) is 3.25. The summed E-state index contributed by atoms with van der Waals surface area (Å²) in [5, 5.41) is 30.9. The predicted molar refractivity (Wildman–Crippen MR) is 103 cm³/mol. The van der Waals surface area contributed by atoms with E-state index in [2.05, 4.69) is 6.07 Å². The van der Waals surface area contributed by atoms with Gasteiger partial charge in [0, 0.05) is 22.1 Å². The fourth-order valence-electron chi connectivity index (χ4n) is 3.98. The van der Waals surface area contributed by atoms with E-state index in [0.29, 0.717) is 22.3 Å². The minimum Gasteiger partial charge on any atom is -0.508 e. The molecule has 0 amide bonds. The third kappa shape index (κ3) is 2.22. The molecule has 0 aliphatic heterocycles. The number of hydrogen-bond acceptors (Lipinski definition) is 4. The summed E-state index contributed by atoms with van der Waals surface area (Å²) >= 11 is 0. The lowest BCUT2D eigenvalue weighted by atomic mass is 9.88. The maximum atomic E-state index is 10.6. The number of nitrogens with zero attached hydrogens (tertiary/aromatic N) is 1. The smallest absolute Gasteiger partial charge is 0.146 e. The molecule has 4 nitrogen and oxygen atoms in total. The largest absolute Gasteiger partial charge is 0.508 e. The Labute approximate surface area is 155 Å². The highest BCUT2D eigenvalue weighted by atomic mass is 16.3. The van der Waals surface area contributed by atoms with Gasteiger partial charge in [-0.25, -0.2) is 0 Å². The average Bonchev–Trinajstić information content (AvgIpc) is 3.07. The molecule has 0 radical (unpaired) electrons. The Morgan fingerprint density at radius 2 is 1.78 bits per heavy atom. The lowest BCUT2D eigenvalue weighted by Crippen LogP contribution is -2.01. The Morgan fingerprint density at radius 3 is 2.63 bits per heavy atom. The van der Waals surface area contributed by atoms with Gasteiger partial charge in [0.1, 0.15) is 22.8 Å². The molecule has 1 aliphatic carbocycles. The quantitative estimate of drug-likeness (QED) is 0.496. The molecule has 0 saturated heterocycles. The van der Waals surface area contributed by atoms with Crippen LogP contribution >= 0.6 is 0 Å². The van der Waals surface area contributed by atoms with Crippen LogP contribution in [-0.4, -0.2) is 10.2 Å². The Bertz CT molecular complexity index is 1260. The Hall–Kier alpha value is -3.71. The van der Waals surface area contributed by atoms with Crippen LogP contribution in [0.3, 0.4) is 0 Å². The van der Waals surface area contributed by atoms with Crippen molar-refractivity contribution in [2.45, 2.75) is 12.8 Å². The van der Waals surface area contributed by atoms with Gasteiger partial charge in [-0.3, -0.25) is 0 Å². The maximum Gasteiger partial charge on any atom is 0.146 e. The van der Waals surface area contributed by atoms with Crippen LogP contribution in [0, 0.1) is 11.3 Å². The summed E-state index contributed by atoms with van der Waals surface area (Å²) in [5.41, 5.74) is 5.30. The summed E-state index contributed by atoms with van der Waals surface area (Å²) in [6.45, 7) is 0. The first-order valence-corrected chi connectivity index (χ1v) is 8.76. The molecule has 130 valence electrons. The lowest BCUT2D eigenvalue weighted by molar-refractivity contribution is 0.474. The summed E-state index contributed by atoms with van der Waals surface area (Å²) in [5.74, 6) is 0.996. The number of benzene rings is 3. The van der Waals surface area contributed by atoms with Crippen molar-refractivity contribution in [2.75, 3.05) is 0 Å². The summed E-state index contributed by atoms with van der Waals surface area (Å²) in [7, 11) is 0. The summed E-state index contributed by atoms with van der Waals surface area (Å²) in [6, 6.07) is 18.2. The van der Waals surface area contributed by atoms with Crippen molar-refractivity contribution in [3.63, 3.8) is 0 Å². The van der Waals surface area contributed by atoms with Gasteiger partial charge in [-0.2, -0.15) is 5.26 Å². The minimum atomic E-state index is 0.0763. The molecular formula is C23H15NO3. The van der Waals surface area contributed by atoms with Gasteiger partial charge >= 0.3 is 0 Å². The van der Waals surface area contributed by atoms with Gasteiger partial charge in [0.25, 0.3) is 0 Å². The topological polar surface area (TPSA) is 77.4 Å². The molecule has 0 fully saturated rings. The van der Waals surface area contributed by atoms with Gasteiger partial charge in [0.15, 0.2) is 0 Å². The molecule has 0 spiro atoms. The molecule has 1 aliphatic rings. The first-order valence-electron chi connectivity index (χ1n) is 8.76. The molecule has 0 atom stereocenters. The average molecular weight is 353 g/mol. The molecule has 2 N–H and O–H groups in total. The predicted octanol–water partition coefficient (Wildman–Crippen LogP) is 5.15. The van der Waals surface area contributed by atoms with E-state index in [9.17, 15) is 15.5 Å². The summed E-state index contributed by atoms with van der Waals surface area (Å²) < 4.78 is 6.26. The number of phenols is 2. The van der Waals surface area contributed by atoms with Gasteiger partial charge in [-0.1, -0.05) is 24.3 Å². The minimum absolute atomic E-state index is 0.0763. The number of phenolic OH excluding ortho intramolecular Hbond substituents is 2. The molecule has 0 unspecified atom stereocenters. The number of nitriles is 1. The van der Waals surface area contributed by atoms with Gasteiger partial charge < -0.3 is 14.6 Å². The van der Waals surface area contributed by atoms with Gasteiger partial charge in [-0.05, 0) is 48.7 Å². The van der Waals surface area contributed by atoms with Crippen molar-refractivity contribution in [2.24, 2.45) is 0 Å². The molecule has 0 saturated carbocycles. The van der Waals surface area contributed by atoms with Crippen molar-refractivity contribution in [1.82, 2.24) is 0 Å². The van der Waals surface area contributed by atoms with Gasteiger partial charge in [0.05, 0.1) is 17.2 Å². The van der Waals surface area contributed by atoms with Crippen LogP contribution in [0.1, 0.15) is 16.7 Å². The van der Waals surface area contributed by atoms with Gasteiger partial charge in [0.2, 0.25) is 0 Å². The van der Waals surface area contributed by atoms with Crippen LogP contribution in [0.25, 0.3) is 33.4 Å². The number of fused-ring (bicyclic) bond motifs is 5. The number of aryl methyl sites for hydroxylation is 2. The van der Waals surface area contributed by atoms with E-state index in [4.69, 9.17) is 4.42 Å². The standard InChI is InChI=1S/C23H15NO3/c24-12-14-3-1-2-4-16(14)21-20(26)10-9-18-17-8-6-13-5-7-15(25)11-19(13)22(17)27-23(18)21/h1-5,7,9-11,25-26H,6,8H2. The fraction of sp³-hybridized carbons (Fsp3) is 0.0870. The zero-order chi connectivity index (χ0) is 18.5. The Morgan fingerprint density at radius 1 is 0.926 bits per heavy atom. The van der Waals surface area contributed by atoms with Crippen molar-refractivity contribution >= 4 is 11.0 Å². The Balaban J connectivity index is 1.86. The second-order valence-electron chi connectivity index (χ2n) is 6.74. The zero-order valence-corrected chi connectivity index (χ0v) is 14.4. The number of aromatic hydroxyl groups is 2. The van der Waals surface area contributed by atoms with E-state index in [0.717, 1.165) is 40.7 Å². The van der Waals surface area contributed by atoms with E-state index >= 15 is 0 Å². The number of rotatable bonds is 1. The monoisotopic (exact) mass is 353 g/mol. The van der Waals surface area contributed by atoms with Crippen LogP contribution in [0.2, 0.25) is 0 Å². The SMILES string of the molecule is N#Cc1ccccc1-c1c(O)ccc2c3c(oc12)-c1cc(O)ccc1CC3. The molecule has 1 aromatic heterocycles. The van der Waals surface area contributed by atoms with Crippen LogP contribution in [0.4, 0.5) is 0 Å². The molecular weight excluding hydrogens is 338 g/mol.